The number of rotatable bonds is 5. The number of ether oxygens (including phenoxy) is 1. The van der Waals surface area contributed by atoms with Crippen LogP contribution in [-0.2, 0) is 10.9 Å². The highest BCUT2D eigenvalue weighted by atomic mass is 79.9. The highest BCUT2D eigenvalue weighted by Crippen LogP contribution is 2.30. The van der Waals surface area contributed by atoms with Gasteiger partial charge in [0.15, 0.2) is 0 Å². The van der Waals surface area contributed by atoms with Gasteiger partial charge in [0.1, 0.15) is 0 Å². The molecule has 0 saturated heterocycles. The zero-order chi connectivity index (χ0) is 13.1. The number of hydrogen-bond donors (Lipinski definition) is 0. The van der Waals surface area contributed by atoms with Crippen molar-refractivity contribution in [3.63, 3.8) is 0 Å². The van der Waals surface area contributed by atoms with E-state index in [0.717, 1.165) is 11.5 Å². The maximum atomic E-state index is 12.3. The topological polar surface area (TPSA) is 38.2 Å². The van der Waals surface area contributed by atoms with Crippen molar-refractivity contribution in [2.24, 2.45) is 0 Å². The third kappa shape index (κ3) is 4.40. The molecule has 4 nitrogen and oxygen atoms in total. The molecule has 0 aliphatic rings. The summed E-state index contributed by atoms with van der Waals surface area (Å²) >= 11 is 4.08. The molecule has 98 valence electrons. The highest BCUT2D eigenvalue weighted by Gasteiger charge is 2.36. The smallest absolute Gasteiger partial charge is 0.383 e. The van der Waals surface area contributed by atoms with Crippen molar-refractivity contribution in [1.82, 2.24) is 9.36 Å². The number of hydrogen-bond acceptors (Lipinski definition) is 5. The summed E-state index contributed by atoms with van der Waals surface area (Å²) < 4.78 is 45.0. The lowest BCUT2D eigenvalue weighted by Gasteiger charge is -2.18. The van der Waals surface area contributed by atoms with E-state index in [-0.39, 0.29) is 9.96 Å². The van der Waals surface area contributed by atoms with Gasteiger partial charge in [-0.2, -0.15) is 22.5 Å². The van der Waals surface area contributed by atoms with Gasteiger partial charge in [0.25, 0.3) is 0 Å². The molecule has 1 rings (SSSR count). The molecule has 0 fully saturated rings. The second kappa shape index (κ2) is 5.96. The maximum Gasteiger partial charge on any atom is 0.452 e. The predicted molar refractivity (Wildman–Crippen MR) is 62.8 cm³/mol. The van der Waals surface area contributed by atoms with E-state index in [2.05, 4.69) is 25.3 Å². The van der Waals surface area contributed by atoms with Crippen LogP contribution in [0.4, 0.5) is 18.3 Å². The Morgan fingerprint density at radius 3 is 2.65 bits per heavy atom. The molecule has 0 radical (unpaired) electrons. The SMILES string of the molecule is COCC(Br)CN(C)c1nc(C(F)(F)F)ns1. The predicted octanol–water partition coefficient (Wildman–Crippen LogP) is 2.40. The molecule has 1 heterocycles. The maximum absolute atomic E-state index is 12.3. The highest BCUT2D eigenvalue weighted by molar-refractivity contribution is 9.09. The number of aromatic nitrogens is 2. The molecule has 1 unspecified atom stereocenters. The summed E-state index contributed by atoms with van der Waals surface area (Å²) in [6, 6.07) is 0. The van der Waals surface area contributed by atoms with Gasteiger partial charge in [-0.3, -0.25) is 0 Å². The van der Waals surface area contributed by atoms with Crippen LogP contribution in [0.15, 0.2) is 0 Å². The summed E-state index contributed by atoms with van der Waals surface area (Å²) in [6.45, 7) is 0.954. The quantitative estimate of drug-likeness (QED) is 0.775. The molecule has 0 aliphatic heterocycles. The minimum atomic E-state index is -4.49. The van der Waals surface area contributed by atoms with Gasteiger partial charge in [0.2, 0.25) is 11.0 Å². The van der Waals surface area contributed by atoms with Crippen molar-refractivity contribution in [3.05, 3.63) is 5.82 Å². The lowest BCUT2D eigenvalue weighted by molar-refractivity contribution is -0.144. The minimum Gasteiger partial charge on any atom is -0.383 e. The van der Waals surface area contributed by atoms with Crippen LogP contribution in [-0.4, -0.2) is 41.5 Å². The van der Waals surface area contributed by atoms with E-state index >= 15 is 0 Å². The van der Waals surface area contributed by atoms with Gasteiger partial charge >= 0.3 is 6.18 Å². The fourth-order valence-electron chi connectivity index (χ4n) is 1.09. The Bertz CT molecular complexity index is 360. The first kappa shape index (κ1) is 14.7. The molecular formula is C8H11BrF3N3OS. The van der Waals surface area contributed by atoms with Crippen LogP contribution < -0.4 is 4.90 Å². The van der Waals surface area contributed by atoms with E-state index in [1.807, 2.05) is 0 Å². The summed E-state index contributed by atoms with van der Waals surface area (Å²) in [4.78, 5) is 5.07. The fourth-order valence-corrected chi connectivity index (χ4v) is 2.45. The Labute approximate surface area is 109 Å². The Morgan fingerprint density at radius 2 is 2.18 bits per heavy atom. The monoisotopic (exact) mass is 333 g/mol. The molecule has 0 spiro atoms. The number of anilines is 1. The molecular weight excluding hydrogens is 323 g/mol. The van der Waals surface area contributed by atoms with Crippen LogP contribution in [0.1, 0.15) is 5.82 Å². The Morgan fingerprint density at radius 1 is 1.53 bits per heavy atom. The number of nitrogens with zero attached hydrogens (tertiary/aromatic N) is 3. The summed E-state index contributed by atoms with van der Waals surface area (Å²) in [5, 5.41) is 0.234. The van der Waals surface area contributed by atoms with Gasteiger partial charge in [-0.05, 0) is 0 Å². The first-order valence-corrected chi connectivity index (χ1v) is 6.28. The second-order valence-electron chi connectivity index (χ2n) is 3.33. The number of methoxy groups -OCH3 is 1. The van der Waals surface area contributed by atoms with Crippen LogP contribution in [0, 0.1) is 0 Å². The molecule has 0 aliphatic carbocycles. The lowest BCUT2D eigenvalue weighted by Crippen LogP contribution is -2.28. The van der Waals surface area contributed by atoms with Crippen molar-refractivity contribution in [2.45, 2.75) is 11.0 Å². The first-order valence-electron chi connectivity index (χ1n) is 4.59. The van der Waals surface area contributed by atoms with Crippen LogP contribution in [0.5, 0.6) is 0 Å². The van der Waals surface area contributed by atoms with Crippen molar-refractivity contribution in [3.8, 4) is 0 Å². The first-order chi connectivity index (χ1) is 7.84. The molecule has 1 aromatic heterocycles. The number of alkyl halides is 4. The Kier molecular flexibility index (Phi) is 5.14. The van der Waals surface area contributed by atoms with E-state index in [1.54, 1.807) is 19.1 Å². The van der Waals surface area contributed by atoms with Gasteiger partial charge in [-0.25, -0.2) is 0 Å². The molecule has 0 amide bonds. The zero-order valence-electron chi connectivity index (χ0n) is 9.16. The third-order valence-corrected chi connectivity index (χ3v) is 3.20. The second-order valence-corrected chi connectivity index (χ2v) is 5.36. The lowest BCUT2D eigenvalue weighted by atomic mass is 10.4. The molecule has 0 aromatic carbocycles. The average Bonchev–Trinajstić information content (AvgIpc) is 2.65. The van der Waals surface area contributed by atoms with Crippen LogP contribution in [0.2, 0.25) is 0 Å². The molecule has 0 saturated carbocycles. The normalized spacial score (nSPS) is 13.8. The van der Waals surface area contributed by atoms with Gasteiger partial charge in [-0.15, -0.1) is 0 Å². The summed E-state index contributed by atoms with van der Waals surface area (Å²) in [5.41, 5.74) is 0. The van der Waals surface area contributed by atoms with Crippen molar-refractivity contribution >= 4 is 32.6 Å². The fraction of sp³-hybridized carbons (Fsp3) is 0.750. The van der Waals surface area contributed by atoms with Gasteiger partial charge in [-0.1, -0.05) is 15.9 Å². The average molecular weight is 334 g/mol. The van der Waals surface area contributed by atoms with Gasteiger partial charge in [0, 0.05) is 32.2 Å². The minimum absolute atomic E-state index is 0.0238. The molecule has 0 bridgehead atoms. The van der Waals surface area contributed by atoms with E-state index in [4.69, 9.17) is 4.74 Å². The zero-order valence-corrected chi connectivity index (χ0v) is 11.6. The van der Waals surface area contributed by atoms with Crippen LogP contribution >= 0.6 is 27.5 Å². The molecule has 0 N–H and O–H groups in total. The molecule has 9 heteroatoms. The largest absolute Gasteiger partial charge is 0.452 e. The summed E-state index contributed by atoms with van der Waals surface area (Å²) in [7, 11) is 3.21. The van der Waals surface area contributed by atoms with Gasteiger partial charge in [0.05, 0.1) is 11.4 Å². The van der Waals surface area contributed by atoms with E-state index < -0.39 is 12.0 Å². The Balaban J connectivity index is 2.64. The number of halogens is 4. The summed E-state index contributed by atoms with van der Waals surface area (Å²) in [5.74, 6) is -1.10. The van der Waals surface area contributed by atoms with Gasteiger partial charge < -0.3 is 9.64 Å². The van der Waals surface area contributed by atoms with E-state index in [9.17, 15) is 13.2 Å². The Hall–Kier alpha value is -0.410. The van der Waals surface area contributed by atoms with Crippen molar-refractivity contribution < 1.29 is 17.9 Å². The van der Waals surface area contributed by atoms with E-state index in [0.29, 0.717) is 13.2 Å². The molecule has 1 aromatic rings. The molecule has 1 atom stereocenters. The van der Waals surface area contributed by atoms with Crippen molar-refractivity contribution in [1.29, 1.82) is 0 Å². The van der Waals surface area contributed by atoms with E-state index in [1.165, 1.54) is 0 Å². The third-order valence-electron chi connectivity index (χ3n) is 1.81. The molecule has 17 heavy (non-hydrogen) atoms. The standard InChI is InChI=1S/C8H11BrF3N3OS/c1-15(3-5(9)4-16-2)7-13-6(14-17-7)8(10,11)12/h5H,3-4H2,1-2H3. The van der Waals surface area contributed by atoms with Crippen LogP contribution in [0.25, 0.3) is 0 Å². The summed E-state index contributed by atoms with van der Waals surface area (Å²) in [6.07, 6.45) is -4.49. The van der Waals surface area contributed by atoms with Crippen molar-refractivity contribution in [2.75, 3.05) is 32.2 Å². The van der Waals surface area contributed by atoms with Crippen LogP contribution in [0.3, 0.4) is 0 Å².